The van der Waals surface area contributed by atoms with E-state index in [4.69, 9.17) is 21.1 Å². The minimum atomic E-state index is -0.406. The summed E-state index contributed by atoms with van der Waals surface area (Å²) >= 11 is 5.76. The molecule has 1 aromatic carbocycles. The molecule has 0 saturated carbocycles. The van der Waals surface area contributed by atoms with Crippen molar-refractivity contribution in [2.24, 2.45) is 0 Å². The second kappa shape index (κ2) is 6.01. The zero-order valence-electron chi connectivity index (χ0n) is 12.4. The summed E-state index contributed by atoms with van der Waals surface area (Å²) in [5.41, 5.74) is 2.27. The summed E-state index contributed by atoms with van der Waals surface area (Å²) in [7, 11) is 3.22. The first kappa shape index (κ1) is 14.9. The fourth-order valence-corrected chi connectivity index (χ4v) is 2.85. The van der Waals surface area contributed by atoms with Gasteiger partial charge in [0.2, 0.25) is 0 Å². The lowest BCUT2D eigenvalue weighted by Gasteiger charge is -2.30. The molecule has 0 atom stereocenters. The van der Waals surface area contributed by atoms with Crippen LogP contribution in [0.15, 0.2) is 24.4 Å². The highest BCUT2D eigenvalue weighted by Gasteiger charge is 2.22. The Bertz CT molecular complexity index is 709. The number of nitrogens with zero attached hydrogens (tertiary/aromatic N) is 2. The van der Waals surface area contributed by atoms with Gasteiger partial charge in [0.25, 0.3) is 0 Å². The minimum absolute atomic E-state index is 0.296. The van der Waals surface area contributed by atoms with Crippen LogP contribution >= 0.6 is 11.6 Å². The van der Waals surface area contributed by atoms with Crippen LogP contribution in [0.1, 0.15) is 11.1 Å². The number of methoxy groups -OCH3 is 2. The van der Waals surface area contributed by atoms with Gasteiger partial charge in [-0.1, -0.05) is 11.6 Å². The van der Waals surface area contributed by atoms with E-state index < -0.39 is 5.82 Å². The first-order valence-corrected chi connectivity index (χ1v) is 7.30. The summed E-state index contributed by atoms with van der Waals surface area (Å²) in [5, 5.41) is 0.296. The summed E-state index contributed by atoms with van der Waals surface area (Å²) in [5.74, 6) is 1.30. The van der Waals surface area contributed by atoms with Gasteiger partial charge in [-0.15, -0.1) is 0 Å². The van der Waals surface area contributed by atoms with E-state index in [1.807, 2.05) is 17.0 Å². The maximum absolute atomic E-state index is 14.0. The van der Waals surface area contributed by atoms with E-state index in [1.54, 1.807) is 14.2 Å². The van der Waals surface area contributed by atoms with Gasteiger partial charge in [-0.25, -0.2) is 9.37 Å². The van der Waals surface area contributed by atoms with Gasteiger partial charge in [0.15, 0.2) is 23.1 Å². The molecule has 116 valence electrons. The highest BCUT2D eigenvalue weighted by atomic mass is 35.5. The Morgan fingerprint density at radius 1 is 1.14 bits per heavy atom. The topological polar surface area (TPSA) is 34.6 Å². The molecule has 4 nitrogen and oxygen atoms in total. The van der Waals surface area contributed by atoms with Gasteiger partial charge in [0, 0.05) is 19.3 Å². The van der Waals surface area contributed by atoms with Crippen molar-refractivity contribution in [3.63, 3.8) is 0 Å². The standard InChI is InChI=1S/C16H16ClFN2O2/c1-21-14-5-10-3-4-20(9-11(10)6-15(14)22-2)16-13(18)7-12(17)8-19-16/h5-8H,3-4,9H2,1-2H3. The molecule has 2 heterocycles. The molecular weight excluding hydrogens is 307 g/mol. The Hall–Kier alpha value is -2.01. The predicted molar refractivity (Wildman–Crippen MR) is 83.5 cm³/mol. The predicted octanol–water partition coefficient (Wildman–Crippen LogP) is 3.45. The Morgan fingerprint density at radius 2 is 1.82 bits per heavy atom. The molecule has 0 unspecified atom stereocenters. The van der Waals surface area contributed by atoms with E-state index in [0.717, 1.165) is 12.0 Å². The van der Waals surface area contributed by atoms with Crippen molar-refractivity contribution < 1.29 is 13.9 Å². The number of hydrogen-bond donors (Lipinski definition) is 0. The van der Waals surface area contributed by atoms with E-state index in [1.165, 1.54) is 17.8 Å². The van der Waals surface area contributed by atoms with Gasteiger partial charge in [-0.2, -0.15) is 0 Å². The average Bonchev–Trinajstić information content (AvgIpc) is 2.53. The molecule has 1 aliphatic heterocycles. The highest BCUT2D eigenvalue weighted by Crippen LogP contribution is 2.34. The third-order valence-electron chi connectivity index (χ3n) is 3.81. The van der Waals surface area contributed by atoms with Crippen LogP contribution < -0.4 is 14.4 Å². The number of pyridine rings is 1. The van der Waals surface area contributed by atoms with Crippen molar-refractivity contribution in [3.8, 4) is 11.5 Å². The fourth-order valence-electron chi connectivity index (χ4n) is 2.70. The Kier molecular flexibility index (Phi) is 4.07. The molecule has 22 heavy (non-hydrogen) atoms. The molecule has 0 spiro atoms. The molecule has 0 N–H and O–H groups in total. The summed E-state index contributed by atoms with van der Waals surface area (Å²) in [6.45, 7) is 1.26. The van der Waals surface area contributed by atoms with Crippen molar-refractivity contribution in [3.05, 3.63) is 46.4 Å². The quantitative estimate of drug-likeness (QED) is 0.867. The molecule has 0 amide bonds. The van der Waals surface area contributed by atoms with E-state index in [2.05, 4.69) is 4.98 Å². The van der Waals surface area contributed by atoms with Crippen molar-refractivity contribution in [2.45, 2.75) is 13.0 Å². The number of benzene rings is 1. The first-order valence-electron chi connectivity index (χ1n) is 6.92. The number of fused-ring (bicyclic) bond motifs is 1. The molecule has 0 fully saturated rings. The Balaban J connectivity index is 1.93. The van der Waals surface area contributed by atoms with Crippen molar-refractivity contribution in [2.75, 3.05) is 25.7 Å². The lowest BCUT2D eigenvalue weighted by Crippen LogP contribution is -2.31. The number of ether oxygens (including phenoxy) is 2. The van der Waals surface area contributed by atoms with Gasteiger partial charge in [-0.05, 0) is 35.7 Å². The van der Waals surface area contributed by atoms with Gasteiger partial charge >= 0.3 is 0 Å². The summed E-state index contributed by atoms with van der Waals surface area (Å²) in [4.78, 5) is 6.02. The van der Waals surface area contributed by atoms with Gasteiger partial charge in [0.1, 0.15) is 0 Å². The lowest BCUT2D eigenvalue weighted by atomic mass is 9.98. The van der Waals surface area contributed by atoms with Crippen LogP contribution in [-0.2, 0) is 13.0 Å². The van der Waals surface area contributed by atoms with Crippen molar-refractivity contribution in [1.82, 2.24) is 4.98 Å². The zero-order valence-corrected chi connectivity index (χ0v) is 13.2. The number of halogens is 2. The van der Waals surface area contributed by atoms with Crippen LogP contribution in [0.2, 0.25) is 5.02 Å². The third-order valence-corrected chi connectivity index (χ3v) is 4.01. The summed E-state index contributed by atoms with van der Waals surface area (Å²) < 4.78 is 24.7. The molecule has 2 aromatic rings. The van der Waals surface area contributed by atoms with Crippen LogP contribution in [0.5, 0.6) is 11.5 Å². The number of hydrogen-bond acceptors (Lipinski definition) is 4. The molecular formula is C16H16ClFN2O2. The van der Waals surface area contributed by atoms with Crippen LogP contribution in [-0.4, -0.2) is 25.7 Å². The van der Waals surface area contributed by atoms with E-state index in [9.17, 15) is 4.39 Å². The zero-order chi connectivity index (χ0) is 15.7. The molecule has 3 rings (SSSR count). The minimum Gasteiger partial charge on any atom is -0.493 e. The van der Waals surface area contributed by atoms with Gasteiger partial charge in [-0.3, -0.25) is 0 Å². The van der Waals surface area contributed by atoms with Crippen LogP contribution in [0.25, 0.3) is 0 Å². The maximum atomic E-state index is 14.0. The lowest BCUT2D eigenvalue weighted by molar-refractivity contribution is 0.353. The number of rotatable bonds is 3. The van der Waals surface area contributed by atoms with E-state index in [0.29, 0.717) is 35.4 Å². The SMILES string of the molecule is COc1cc2c(cc1OC)CN(c1ncc(Cl)cc1F)CC2. The number of anilines is 1. The number of aromatic nitrogens is 1. The maximum Gasteiger partial charge on any atom is 0.167 e. The average molecular weight is 323 g/mol. The normalized spacial score (nSPS) is 13.7. The molecule has 0 bridgehead atoms. The Morgan fingerprint density at radius 3 is 2.45 bits per heavy atom. The van der Waals surface area contributed by atoms with E-state index >= 15 is 0 Å². The molecule has 1 aliphatic rings. The van der Waals surface area contributed by atoms with Crippen LogP contribution in [0, 0.1) is 5.82 Å². The van der Waals surface area contributed by atoms with E-state index in [-0.39, 0.29) is 0 Å². The molecule has 0 saturated heterocycles. The third kappa shape index (κ3) is 2.68. The Labute approximate surface area is 133 Å². The van der Waals surface area contributed by atoms with Crippen LogP contribution in [0.3, 0.4) is 0 Å². The summed E-state index contributed by atoms with van der Waals surface area (Å²) in [6, 6.07) is 5.21. The second-order valence-corrected chi connectivity index (χ2v) is 5.54. The van der Waals surface area contributed by atoms with Gasteiger partial charge < -0.3 is 14.4 Å². The van der Waals surface area contributed by atoms with Crippen LogP contribution in [0.4, 0.5) is 10.2 Å². The first-order chi connectivity index (χ1) is 10.6. The molecule has 6 heteroatoms. The monoisotopic (exact) mass is 322 g/mol. The largest absolute Gasteiger partial charge is 0.493 e. The molecule has 0 aliphatic carbocycles. The molecule has 1 aromatic heterocycles. The summed E-state index contributed by atoms with van der Waals surface area (Å²) in [6.07, 6.45) is 2.25. The van der Waals surface area contributed by atoms with Crippen molar-refractivity contribution >= 4 is 17.4 Å². The smallest absolute Gasteiger partial charge is 0.167 e. The second-order valence-electron chi connectivity index (χ2n) is 5.11. The van der Waals surface area contributed by atoms with Gasteiger partial charge in [0.05, 0.1) is 19.2 Å². The fraction of sp³-hybridized carbons (Fsp3) is 0.312. The highest BCUT2D eigenvalue weighted by molar-refractivity contribution is 6.30. The van der Waals surface area contributed by atoms with Crippen molar-refractivity contribution in [1.29, 1.82) is 0 Å². The molecule has 0 radical (unpaired) electrons.